The third-order valence-corrected chi connectivity index (χ3v) is 6.69. The first-order valence-electron chi connectivity index (χ1n) is 11.7. The average Bonchev–Trinajstić information content (AvgIpc) is 2.86. The summed E-state index contributed by atoms with van der Waals surface area (Å²) in [5.74, 6) is -1.02. The second kappa shape index (κ2) is 9.61. The Morgan fingerprint density at radius 3 is 2.41 bits per heavy atom. The highest BCUT2D eigenvalue weighted by Crippen LogP contribution is 2.27. The Kier molecular flexibility index (Phi) is 6.23. The molecule has 1 fully saturated rings. The first kappa shape index (κ1) is 22.0. The minimum Gasteiger partial charge on any atom is -0.478 e. The van der Waals surface area contributed by atoms with Crippen LogP contribution in [-0.4, -0.2) is 38.1 Å². The first-order valence-corrected chi connectivity index (χ1v) is 11.7. The largest absolute Gasteiger partial charge is 0.478 e. The molecule has 0 spiro atoms. The molecule has 3 heterocycles. The predicted molar refractivity (Wildman–Crippen MR) is 132 cm³/mol. The van der Waals surface area contributed by atoms with Crippen LogP contribution in [0.5, 0.6) is 0 Å². The van der Waals surface area contributed by atoms with Gasteiger partial charge in [-0.15, -0.1) is 0 Å². The van der Waals surface area contributed by atoms with E-state index in [1.807, 2.05) is 48.5 Å². The summed E-state index contributed by atoms with van der Waals surface area (Å²) in [6.45, 7) is 1.24. The quantitative estimate of drug-likeness (QED) is 0.459. The van der Waals surface area contributed by atoms with Crippen LogP contribution in [0.4, 0.5) is 0 Å². The molecular formula is C28H27N3O3. The Hall–Kier alpha value is -3.77. The minimum atomic E-state index is -1.02. The Balaban J connectivity index is 1.66. The fraction of sp³-hybridized carbons (Fsp3) is 0.250. The van der Waals surface area contributed by atoms with Gasteiger partial charge in [0.15, 0.2) is 0 Å². The van der Waals surface area contributed by atoms with Gasteiger partial charge in [-0.3, -0.25) is 19.2 Å². The molecule has 4 aromatic rings. The van der Waals surface area contributed by atoms with Crippen LogP contribution in [0.3, 0.4) is 0 Å². The van der Waals surface area contributed by atoms with E-state index < -0.39 is 5.97 Å². The third kappa shape index (κ3) is 4.24. The summed E-state index contributed by atoms with van der Waals surface area (Å²) < 4.78 is 1.60. The van der Waals surface area contributed by atoms with E-state index >= 15 is 0 Å². The number of aromatic carboxylic acids is 1. The number of rotatable bonds is 6. The highest BCUT2D eigenvalue weighted by Gasteiger charge is 2.28. The van der Waals surface area contributed by atoms with Crippen molar-refractivity contribution in [2.24, 2.45) is 0 Å². The Morgan fingerprint density at radius 1 is 0.941 bits per heavy atom. The lowest BCUT2D eigenvalue weighted by atomic mass is 9.96. The zero-order chi connectivity index (χ0) is 23.5. The molecule has 1 saturated heterocycles. The lowest BCUT2D eigenvalue weighted by molar-refractivity contribution is 0.0692. The molecule has 1 aliphatic rings. The Labute approximate surface area is 198 Å². The molecule has 6 nitrogen and oxygen atoms in total. The second-order valence-corrected chi connectivity index (χ2v) is 8.79. The highest BCUT2D eigenvalue weighted by molar-refractivity contribution is 6.04. The molecule has 0 amide bonds. The van der Waals surface area contributed by atoms with Gasteiger partial charge >= 0.3 is 5.97 Å². The molecule has 1 aliphatic heterocycles. The van der Waals surface area contributed by atoms with Gasteiger partial charge in [0.2, 0.25) is 0 Å². The van der Waals surface area contributed by atoms with Crippen LogP contribution in [0.15, 0.2) is 83.8 Å². The first-order chi connectivity index (χ1) is 16.6. The maximum absolute atomic E-state index is 13.7. The SMILES string of the molecule is O=C(O)c1c(CN2CCCCC2Cc2ccccn2)n(-c2ccccc2)c(=O)c2ccccc12. The molecule has 172 valence electrons. The van der Waals surface area contributed by atoms with Crippen LogP contribution in [0.2, 0.25) is 0 Å². The van der Waals surface area contributed by atoms with Gasteiger partial charge in [0.25, 0.3) is 5.56 Å². The molecule has 6 heteroatoms. The van der Waals surface area contributed by atoms with Crippen molar-refractivity contribution in [2.45, 2.75) is 38.3 Å². The molecule has 5 rings (SSSR count). The van der Waals surface area contributed by atoms with Crippen molar-refractivity contribution in [1.82, 2.24) is 14.5 Å². The number of pyridine rings is 2. The van der Waals surface area contributed by atoms with E-state index in [4.69, 9.17) is 0 Å². The van der Waals surface area contributed by atoms with Crippen LogP contribution in [0.25, 0.3) is 16.5 Å². The number of carboxylic acid groups (broad SMARTS) is 1. The van der Waals surface area contributed by atoms with Gasteiger partial charge in [-0.05, 0) is 49.7 Å². The second-order valence-electron chi connectivity index (χ2n) is 8.79. The molecule has 0 aliphatic carbocycles. The Morgan fingerprint density at radius 2 is 1.68 bits per heavy atom. The maximum Gasteiger partial charge on any atom is 0.338 e. The molecule has 34 heavy (non-hydrogen) atoms. The van der Waals surface area contributed by atoms with Gasteiger partial charge in [0, 0.05) is 47.4 Å². The third-order valence-electron chi connectivity index (χ3n) is 6.69. The zero-order valence-corrected chi connectivity index (χ0v) is 18.9. The number of carbonyl (C=O) groups is 1. The molecule has 1 N–H and O–H groups in total. The van der Waals surface area contributed by atoms with Gasteiger partial charge in [0.1, 0.15) is 0 Å². The van der Waals surface area contributed by atoms with Crippen LogP contribution >= 0.6 is 0 Å². The highest BCUT2D eigenvalue weighted by atomic mass is 16.4. The number of likely N-dealkylation sites (tertiary alicyclic amines) is 1. The number of carboxylic acids is 1. The average molecular weight is 454 g/mol. The van der Waals surface area contributed by atoms with Crippen LogP contribution in [0.1, 0.15) is 41.0 Å². The lowest BCUT2D eigenvalue weighted by Gasteiger charge is -2.36. The number of piperidine rings is 1. The van der Waals surface area contributed by atoms with Crippen molar-refractivity contribution in [3.8, 4) is 5.69 Å². The number of hydrogen-bond acceptors (Lipinski definition) is 4. The smallest absolute Gasteiger partial charge is 0.338 e. The summed E-state index contributed by atoms with van der Waals surface area (Å²) in [4.78, 5) is 33.1. The van der Waals surface area contributed by atoms with Crippen LogP contribution < -0.4 is 5.56 Å². The van der Waals surface area contributed by atoms with E-state index in [1.54, 1.807) is 35.0 Å². The summed E-state index contributed by atoms with van der Waals surface area (Å²) in [5.41, 5.74) is 2.22. The predicted octanol–water partition coefficient (Wildman–Crippen LogP) is 4.68. The normalized spacial score (nSPS) is 16.5. The van der Waals surface area contributed by atoms with E-state index in [1.165, 1.54) is 0 Å². The fourth-order valence-corrected chi connectivity index (χ4v) is 5.09. The van der Waals surface area contributed by atoms with Crippen LogP contribution in [-0.2, 0) is 13.0 Å². The molecule has 1 atom stereocenters. The number of hydrogen-bond donors (Lipinski definition) is 1. The summed E-state index contributed by atoms with van der Waals surface area (Å²) >= 11 is 0. The van der Waals surface area contributed by atoms with Gasteiger partial charge in [-0.25, -0.2) is 4.79 Å². The van der Waals surface area contributed by atoms with E-state index in [9.17, 15) is 14.7 Å². The summed E-state index contributed by atoms with van der Waals surface area (Å²) in [6, 6.07) is 22.5. The number of aromatic nitrogens is 2. The van der Waals surface area contributed by atoms with Crippen molar-refractivity contribution in [2.75, 3.05) is 6.54 Å². The number of benzene rings is 2. The summed E-state index contributed by atoms with van der Waals surface area (Å²) in [5, 5.41) is 11.2. The summed E-state index contributed by atoms with van der Waals surface area (Å²) in [6.07, 6.45) is 5.79. The molecule has 1 unspecified atom stereocenters. The van der Waals surface area contributed by atoms with E-state index in [0.29, 0.717) is 28.7 Å². The van der Waals surface area contributed by atoms with Crippen molar-refractivity contribution in [3.63, 3.8) is 0 Å². The maximum atomic E-state index is 13.7. The molecule has 0 bridgehead atoms. The van der Waals surface area contributed by atoms with Crippen molar-refractivity contribution in [3.05, 3.63) is 106 Å². The lowest BCUT2D eigenvalue weighted by Crippen LogP contribution is -2.42. The van der Waals surface area contributed by atoms with Gasteiger partial charge in [-0.1, -0.05) is 48.9 Å². The van der Waals surface area contributed by atoms with E-state index in [-0.39, 0.29) is 17.2 Å². The minimum absolute atomic E-state index is 0.194. The molecular weight excluding hydrogens is 426 g/mol. The molecule has 2 aromatic carbocycles. The van der Waals surface area contributed by atoms with E-state index in [2.05, 4.69) is 9.88 Å². The van der Waals surface area contributed by atoms with Gasteiger partial charge < -0.3 is 5.11 Å². The summed E-state index contributed by atoms with van der Waals surface area (Å²) in [7, 11) is 0. The number of para-hydroxylation sites is 1. The van der Waals surface area contributed by atoms with Crippen molar-refractivity contribution in [1.29, 1.82) is 0 Å². The van der Waals surface area contributed by atoms with E-state index in [0.717, 1.165) is 37.9 Å². The standard InChI is InChI=1S/C28H27N3O3/c32-27-24-15-5-4-14-23(24)26(28(33)34)25(31(27)21-11-2-1-3-12-21)19-30-17-9-7-13-22(30)18-20-10-6-8-16-29-20/h1-6,8,10-12,14-16,22H,7,9,13,17-19H2,(H,33,34). The molecule has 0 radical (unpaired) electrons. The Bertz CT molecular complexity index is 1370. The number of nitrogens with zero attached hydrogens (tertiary/aromatic N) is 3. The van der Waals surface area contributed by atoms with Gasteiger partial charge in [-0.2, -0.15) is 0 Å². The monoisotopic (exact) mass is 453 g/mol. The number of fused-ring (bicyclic) bond motifs is 1. The van der Waals surface area contributed by atoms with Crippen LogP contribution in [0, 0.1) is 0 Å². The van der Waals surface area contributed by atoms with Gasteiger partial charge in [0.05, 0.1) is 11.3 Å². The molecule has 0 saturated carbocycles. The molecule has 2 aromatic heterocycles. The fourth-order valence-electron chi connectivity index (χ4n) is 5.09. The van der Waals surface area contributed by atoms with Crippen molar-refractivity contribution >= 4 is 16.7 Å². The van der Waals surface area contributed by atoms with Crippen molar-refractivity contribution < 1.29 is 9.90 Å². The zero-order valence-electron chi connectivity index (χ0n) is 18.9. The topological polar surface area (TPSA) is 75.4 Å².